The largest absolute Gasteiger partial charge is 0.480 e. The topological polar surface area (TPSA) is 104 Å². The predicted molar refractivity (Wildman–Crippen MR) is 86.1 cm³/mol. The maximum absolute atomic E-state index is 12.6. The van der Waals surface area contributed by atoms with Crippen molar-refractivity contribution in [3.05, 3.63) is 29.8 Å². The number of nitrogens with one attached hydrogen (secondary N) is 1. The highest BCUT2D eigenvalue weighted by molar-refractivity contribution is 7.89. The number of hydrogen-bond donors (Lipinski definition) is 2. The van der Waals surface area contributed by atoms with E-state index in [1.165, 1.54) is 29.2 Å². The average molecular weight is 352 g/mol. The van der Waals surface area contributed by atoms with E-state index in [1.54, 1.807) is 0 Å². The molecular formula is C16H20N2O5S. The van der Waals surface area contributed by atoms with E-state index in [-0.39, 0.29) is 16.8 Å². The molecule has 1 amide bonds. The zero-order valence-corrected chi connectivity index (χ0v) is 14.0. The van der Waals surface area contributed by atoms with Crippen molar-refractivity contribution in [1.82, 2.24) is 9.62 Å². The van der Waals surface area contributed by atoms with Crippen LogP contribution >= 0.6 is 0 Å². The number of carboxylic acids is 1. The van der Waals surface area contributed by atoms with Gasteiger partial charge in [-0.1, -0.05) is 0 Å². The molecule has 0 spiro atoms. The van der Waals surface area contributed by atoms with E-state index in [2.05, 4.69) is 4.72 Å². The van der Waals surface area contributed by atoms with Gasteiger partial charge in [0, 0.05) is 18.2 Å². The monoisotopic (exact) mass is 352 g/mol. The zero-order valence-electron chi connectivity index (χ0n) is 13.1. The molecule has 3 rings (SSSR count). The summed E-state index contributed by atoms with van der Waals surface area (Å²) in [6.07, 6.45) is 3.69. The number of rotatable bonds is 5. The molecule has 2 N–H and O–H groups in total. The van der Waals surface area contributed by atoms with Crippen LogP contribution in [0.3, 0.4) is 0 Å². The van der Waals surface area contributed by atoms with Crippen LogP contribution in [0.15, 0.2) is 29.2 Å². The molecule has 1 saturated heterocycles. The van der Waals surface area contributed by atoms with Gasteiger partial charge in [0.2, 0.25) is 10.0 Å². The maximum atomic E-state index is 12.6. The second-order valence-corrected chi connectivity index (χ2v) is 7.98. The normalized spacial score (nSPS) is 21.5. The Morgan fingerprint density at radius 1 is 1.08 bits per heavy atom. The van der Waals surface area contributed by atoms with Crippen molar-refractivity contribution in [2.24, 2.45) is 0 Å². The Morgan fingerprint density at radius 3 is 2.33 bits per heavy atom. The number of carbonyl (C=O) groups is 2. The van der Waals surface area contributed by atoms with E-state index in [4.69, 9.17) is 0 Å². The van der Waals surface area contributed by atoms with E-state index in [9.17, 15) is 23.1 Å². The first-order chi connectivity index (χ1) is 11.4. The first kappa shape index (κ1) is 16.9. The highest BCUT2D eigenvalue weighted by Crippen LogP contribution is 2.23. The maximum Gasteiger partial charge on any atom is 0.326 e. The van der Waals surface area contributed by atoms with Crippen molar-refractivity contribution < 1.29 is 23.1 Å². The first-order valence-corrected chi connectivity index (χ1v) is 9.53. The molecule has 24 heavy (non-hydrogen) atoms. The highest BCUT2D eigenvalue weighted by atomic mass is 32.2. The van der Waals surface area contributed by atoms with E-state index < -0.39 is 22.0 Å². The molecule has 1 saturated carbocycles. The predicted octanol–water partition coefficient (Wildman–Crippen LogP) is 1.21. The molecule has 2 aliphatic rings. The summed E-state index contributed by atoms with van der Waals surface area (Å²) in [5.74, 6) is -1.38. The van der Waals surface area contributed by atoms with Crippen LogP contribution in [0.5, 0.6) is 0 Å². The summed E-state index contributed by atoms with van der Waals surface area (Å²) in [6.45, 7) is 0.402. The van der Waals surface area contributed by atoms with Crippen LogP contribution < -0.4 is 4.72 Å². The van der Waals surface area contributed by atoms with Gasteiger partial charge >= 0.3 is 5.97 Å². The quantitative estimate of drug-likeness (QED) is 0.829. The van der Waals surface area contributed by atoms with Gasteiger partial charge in [-0.15, -0.1) is 0 Å². The van der Waals surface area contributed by atoms with E-state index in [0.29, 0.717) is 18.5 Å². The minimum Gasteiger partial charge on any atom is -0.480 e. The van der Waals surface area contributed by atoms with Crippen molar-refractivity contribution in [1.29, 1.82) is 0 Å². The van der Waals surface area contributed by atoms with Crippen LogP contribution in [0.25, 0.3) is 0 Å². The summed E-state index contributed by atoms with van der Waals surface area (Å²) in [4.78, 5) is 25.3. The Bertz CT molecular complexity index is 740. The van der Waals surface area contributed by atoms with E-state index in [0.717, 1.165) is 25.7 Å². The van der Waals surface area contributed by atoms with Gasteiger partial charge in [-0.3, -0.25) is 4.79 Å². The number of benzene rings is 1. The molecule has 1 aliphatic carbocycles. The lowest BCUT2D eigenvalue weighted by Gasteiger charge is -2.33. The fourth-order valence-electron chi connectivity index (χ4n) is 2.86. The molecule has 8 heteroatoms. The summed E-state index contributed by atoms with van der Waals surface area (Å²) in [6, 6.07) is 4.86. The molecule has 0 aromatic heterocycles. The highest BCUT2D eigenvalue weighted by Gasteiger charge is 2.33. The van der Waals surface area contributed by atoms with Crippen LogP contribution in [0.4, 0.5) is 0 Å². The van der Waals surface area contributed by atoms with Crippen molar-refractivity contribution in [3.8, 4) is 0 Å². The van der Waals surface area contributed by atoms with Gasteiger partial charge in [0.25, 0.3) is 5.91 Å². The summed E-state index contributed by atoms with van der Waals surface area (Å²) in [5.41, 5.74) is 0.300. The standard InChI is InChI=1S/C16H20N2O5S/c19-15(18-10-2-1-3-14(18)16(20)21)11-4-8-13(9-5-11)24(22,23)17-12-6-7-12/h4-5,8-9,12,14,17H,1-3,6-7,10H2,(H,20,21). The summed E-state index contributed by atoms with van der Waals surface area (Å²) >= 11 is 0. The molecule has 1 heterocycles. The third kappa shape index (κ3) is 3.59. The number of sulfonamides is 1. The van der Waals surface area contributed by atoms with Gasteiger partial charge in [-0.2, -0.15) is 0 Å². The number of likely N-dealkylation sites (tertiary alicyclic amines) is 1. The Hall–Kier alpha value is -1.93. The van der Waals surface area contributed by atoms with E-state index >= 15 is 0 Å². The minimum atomic E-state index is -3.56. The lowest BCUT2D eigenvalue weighted by atomic mass is 10.0. The molecular weight excluding hydrogens is 332 g/mol. The molecule has 1 aliphatic heterocycles. The molecule has 0 bridgehead atoms. The number of piperidine rings is 1. The summed E-state index contributed by atoms with van der Waals surface area (Å²) < 4.78 is 26.8. The van der Waals surface area contributed by atoms with Gasteiger partial charge in [0.15, 0.2) is 0 Å². The van der Waals surface area contributed by atoms with Gasteiger partial charge in [-0.25, -0.2) is 17.9 Å². The molecule has 1 aromatic carbocycles. The Morgan fingerprint density at radius 2 is 1.75 bits per heavy atom. The van der Waals surface area contributed by atoms with Gasteiger partial charge in [-0.05, 0) is 56.4 Å². The van der Waals surface area contributed by atoms with Crippen LogP contribution in [-0.2, 0) is 14.8 Å². The number of carbonyl (C=O) groups excluding carboxylic acids is 1. The Balaban J connectivity index is 1.77. The lowest BCUT2D eigenvalue weighted by Crippen LogP contribution is -2.47. The molecule has 2 fully saturated rings. The van der Waals surface area contributed by atoms with Gasteiger partial charge < -0.3 is 10.0 Å². The third-order valence-corrected chi connectivity index (χ3v) is 5.90. The van der Waals surface area contributed by atoms with Crippen LogP contribution in [0.2, 0.25) is 0 Å². The first-order valence-electron chi connectivity index (χ1n) is 8.04. The molecule has 7 nitrogen and oxygen atoms in total. The van der Waals surface area contributed by atoms with Crippen molar-refractivity contribution >= 4 is 21.9 Å². The zero-order chi connectivity index (χ0) is 17.3. The molecule has 130 valence electrons. The molecule has 1 unspecified atom stereocenters. The fraction of sp³-hybridized carbons (Fsp3) is 0.500. The van der Waals surface area contributed by atoms with Crippen LogP contribution in [0, 0.1) is 0 Å². The molecule has 0 radical (unpaired) electrons. The number of nitrogens with zero attached hydrogens (tertiary/aromatic N) is 1. The molecule has 1 atom stereocenters. The average Bonchev–Trinajstić information content (AvgIpc) is 3.37. The Labute approximate surface area is 140 Å². The number of hydrogen-bond acceptors (Lipinski definition) is 4. The van der Waals surface area contributed by atoms with Crippen LogP contribution in [0.1, 0.15) is 42.5 Å². The number of aliphatic carboxylic acids is 1. The molecule has 1 aromatic rings. The minimum absolute atomic E-state index is 0.0148. The van der Waals surface area contributed by atoms with Crippen molar-refractivity contribution in [2.75, 3.05) is 6.54 Å². The number of carboxylic acid groups (broad SMARTS) is 1. The third-order valence-electron chi connectivity index (χ3n) is 4.36. The smallest absolute Gasteiger partial charge is 0.326 e. The Kier molecular flexibility index (Phi) is 4.60. The van der Waals surface area contributed by atoms with Crippen molar-refractivity contribution in [3.63, 3.8) is 0 Å². The van der Waals surface area contributed by atoms with Gasteiger partial charge in [0.05, 0.1) is 4.90 Å². The van der Waals surface area contributed by atoms with Gasteiger partial charge in [0.1, 0.15) is 6.04 Å². The summed E-state index contributed by atoms with van der Waals surface area (Å²) in [7, 11) is -3.56. The lowest BCUT2D eigenvalue weighted by molar-refractivity contribution is -0.143. The fourth-order valence-corrected chi connectivity index (χ4v) is 4.17. The SMILES string of the molecule is O=C(O)C1CCCCN1C(=O)c1ccc(S(=O)(=O)NC2CC2)cc1. The van der Waals surface area contributed by atoms with Crippen LogP contribution in [-0.4, -0.2) is 48.9 Å². The second-order valence-electron chi connectivity index (χ2n) is 6.27. The van der Waals surface area contributed by atoms with Crippen molar-refractivity contribution in [2.45, 2.75) is 49.1 Å². The van der Waals surface area contributed by atoms with E-state index in [1.807, 2.05) is 0 Å². The second kappa shape index (κ2) is 6.52. The summed E-state index contributed by atoms with van der Waals surface area (Å²) in [5, 5.41) is 9.26. The number of amides is 1.